The SMILES string of the molecule is COc1ccc(C(OC[C@H]2O[C@@H](n3cnc4c(N)nc(F)nc43)C[C@@H]2O)(c2ccccc2)c2ccc(OC)cc2)cc1. The minimum Gasteiger partial charge on any atom is -0.497 e. The first-order valence-corrected chi connectivity index (χ1v) is 13.4. The molecule has 1 aliphatic heterocycles. The zero-order chi connectivity index (χ0) is 29.3. The molecule has 216 valence electrons. The zero-order valence-corrected chi connectivity index (χ0v) is 23.1. The largest absolute Gasteiger partial charge is 0.497 e. The van der Waals surface area contributed by atoms with Gasteiger partial charge in [-0.15, -0.1) is 0 Å². The molecule has 0 aliphatic carbocycles. The molecule has 1 saturated heterocycles. The van der Waals surface area contributed by atoms with Crippen molar-refractivity contribution in [3.05, 3.63) is 108 Å². The number of imidazole rings is 1. The van der Waals surface area contributed by atoms with Crippen LogP contribution in [-0.2, 0) is 15.1 Å². The number of nitrogens with zero attached hydrogens (tertiary/aromatic N) is 4. The summed E-state index contributed by atoms with van der Waals surface area (Å²) in [6, 6.07) is 25.2. The van der Waals surface area contributed by atoms with Crippen molar-refractivity contribution in [1.29, 1.82) is 0 Å². The molecule has 2 aromatic heterocycles. The molecule has 6 rings (SSSR count). The summed E-state index contributed by atoms with van der Waals surface area (Å²) < 4.78 is 39.5. The zero-order valence-electron chi connectivity index (χ0n) is 23.1. The minimum atomic E-state index is -1.08. The first-order chi connectivity index (χ1) is 20.4. The third-order valence-corrected chi connectivity index (χ3v) is 7.57. The Bertz CT molecular complexity index is 1620. The van der Waals surface area contributed by atoms with Crippen molar-refractivity contribution < 1.29 is 28.4 Å². The van der Waals surface area contributed by atoms with Crippen molar-refractivity contribution in [2.24, 2.45) is 0 Å². The van der Waals surface area contributed by atoms with Gasteiger partial charge in [0.1, 0.15) is 29.4 Å². The molecule has 1 fully saturated rings. The van der Waals surface area contributed by atoms with Crippen molar-refractivity contribution in [1.82, 2.24) is 19.5 Å². The number of ether oxygens (including phenoxy) is 4. The Morgan fingerprint density at radius 2 is 1.52 bits per heavy atom. The topological polar surface area (TPSA) is 127 Å². The molecule has 0 amide bonds. The minimum absolute atomic E-state index is 0.0305. The van der Waals surface area contributed by atoms with E-state index in [9.17, 15) is 9.50 Å². The fourth-order valence-corrected chi connectivity index (χ4v) is 5.44. The van der Waals surface area contributed by atoms with Gasteiger partial charge in [-0.25, -0.2) is 4.98 Å². The lowest BCUT2D eigenvalue weighted by molar-refractivity contribution is -0.0931. The van der Waals surface area contributed by atoms with Crippen LogP contribution in [0.2, 0.25) is 0 Å². The summed E-state index contributed by atoms with van der Waals surface area (Å²) in [6.07, 6.45) is -1.55. The lowest BCUT2D eigenvalue weighted by atomic mass is 9.80. The number of nitrogens with two attached hydrogens (primary N) is 1. The Morgan fingerprint density at radius 1 is 0.929 bits per heavy atom. The van der Waals surface area contributed by atoms with Gasteiger partial charge in [-0.3, -0.25) is 4.57 Å². The standard InChI is InChI=1S/C31H30FN5O5/c1-39-22-12-8-20(9-13-22)31(19-6-4-3-5-7-19,21-10-14-23(40-2)15-11-21)41-17-25-24(38)16-26(42-25)37-18-34-27-28(33)35-30(32)36-29(27)37/h3-15,18,24-26,38H,16-17H2,1-2H3,(H2,33,35,36)/t24-,25+,26+/m0/s1. The molecule has 3 N–H and O–H groups in total. The van der Waals surface area contributed by atoms with Gasteiger partial charge in [0.25, 0.3) is 0 Å². The predicted molar refractivity (Wildman–Crippen MR) is 152 cm³/mol. The van der Waals surface area contributed by atoms with Crippen molar-refractivity contribution in [2.75, 3.05) is 26.6 Å². The Kier molecular flexibility index (Phi) is 7.46. The number of anilines is 1. The maximum absolute atomic E-state index is 14.0. The average Bonchev–Trinajstić information content (AvgIpc) is 3.61. The van der Waals surface area contributed by atoms with E-state index in [1.807, 2.05) is 78.9 Å². The molecule has 11 heteroatoms. The summed E-state index contributed by atoms with van der Waals surface area (Å²) in [5.41, 5.74) is 7.79. The fraction of sp³-hybridized carbons (Fsp3) is 0.258. The molecular formula is C31H30FN5O5. The van der Waals surface area contributed by atoms with Crippen LogP contribution in [0.1, 0.15) is 29.3 Å². The van der Waals surface area contributed by atoms with Crippen LogP contribution < -0.4 is 15.2 Å². The van der Waals surface area contributed by atoms with Gasteiger partial charge in [0.15, 0.2) is 17.0 Å². The number of hydrogen-bond donors (Lipinski definition) is 2. The lowest BCUT2D eigenvalue weighted by Crippen LogP contribution is -2.38. The van der Waals surface area contributed by atoms with Crippen molar-refractivity contribution in [2.45, 2.75) is 30.5 Å². The van der Waals surface area contributed by atoms with Crippen LogP contribution >= 0.6 is 0 Å². The number of fused-ring (bicyclic) bond motifs is 1. The molecule has 0 radical (unpaired) electrons. The molecule has 5 aromatic rings. The van der Waals surface area contributed by atoms with Crippen LogP contribution in [0.15, 0.2) is 85.2 Å². The van der Waals surface area contributed by atoms with Gasteiger partial charge >= 0.3 is 6.08 Å². The van der Waals surface area contributed by atoms with E-state index in [0.717, 1.165) is 16.7 Å². The average molecular weight is 572 g/mol. The Balaban J connectivity index is 1.37. The maximum Gasteiger partial charge on any atom is 0.312 e. The van der Waals surface area contributed by atoms with Gasteiger partial charge in [0.2, 0.25) is 0 Å². The van der Waals surface area contributed by atoms with Gasteiger partial charge in [-0.05, 0) is 41.0 Å². The second kappa shape index (κ2) is 11.4. The monoisotopic (exact) mass is 571 g/mol. The van der Waals surface area contributed by atoms with Gasteiger partial charge in [0.05, 0.1) is 33.3 Å². The number of aliphatic hydroxyl groups is 1. The van der Waals surface area contributed by atoms with E-state index in [4.69, 9.17) is 24.7 Å². The molecule has 1 aliphatic rings. The number of nitrogen functional groups attached to an aromatic ring is 1. The number of rotatable bonds is 9. The first-order valence-electron chi connectivity index (χ1n) is 13.4. The Labute approximate surface area is 241 Å². The molecule has 42 heavy (non-hydrogen) atoms. The second-order valence-corrected chi connectivity index (χ2v) is 9.95. The Hall–Kier alpha value is -4.58. The quantitative estimate of drug-likeness (QED) is 0.197. The lowest BCUT2D eigenvalue weighted by Gasteiger charge is -2.37. The summed E-state index contributed by atoms with van der Waals surface area (Å²) in [5, 5.41) is 11.1. The fourth-order valence-electron chi connectivity index (χ4n) is 5.44. The van der Waals surface area contributed by atoms with Gasteiger partial charge in [0, 0.05) is 6.42 Å². The van der Waals surface area contributed by atoms with E-state index in [1.54, 1.807) is 18.8 Å². The van der Waals surface area contributed by atoms with E-state index in [1.165, 1.54) is 6.33 Å². The molecule has 3 heterocycles. The molecular weight excluding hydrogens is 541 g/mol. The summed E-state index contributed by atoms with van der Waals surface area (Å²) in [6.45, 7) is 0.0305. The van der Waals surface area contributed by atoms with Crippen LogP contribution in [0.3, 0.4) is 0 Å². The number of hydrogen-bond acceptors (Lipinski definition) is 9. The molecule has 0 spiro atoms. The molecule has 10 nitrogen and oxygen atoms in total. The third-order valence-electron chi connectivity index (χ3n) is 7.57. The van der Waals surface area contributed by atoms with Crippen LogP contribution in [0.4, 0.5) is 10.2 Å². The first kappa shape index (κ1) is 27.6. The Morgan fingerprint density at radius 3 is 2.12 bits per heavy atom. The highest BCUT2D eigenvalue weighted by atomic mass is 19.1. The van der Waals surface area contributed by atoms with Crippen molar-refractivity contribution in [3.8, 4) is 11.5 Å². The van der Waals surface area contributed by atoms with Gasteiger partial charge in [-0.1, -0.05) is 54.6 Å². The van der Waals surface area contributed by atoms with Crippen molar-refractivity contribution in [3.63, 3.8) is 0 Å². The number of aliphatic hydroxyl groups excluding tert-OH is 1. The summed E-state index contributed by atoms with van der Waals surface area (Å²) in [4.78, 5) is 11.6. The van der Waals surface area contributed by atoms with E-state index in [0.29, 0.717) is 11.5 Å². The molecule has 3 aromatic carbocycles. The molecule has 0 bridgehead atoms. The number of methoxy groups -OCH3 is 2. The predicted octanol–water partition coefficient (Wildman–Crippen LogP) is 4.22. The summed E-state index contributed by atoms with van der Waals surface area (Å²) >= 11 is 0. The number of benzene rings is 3. The van der Waals surface area contributed by atoms with E-state index in [-0.39, 0.29) is 30.0 Å². The van der Waals surface area contributed by atoms with Crippen LogP contribution in [0.5, 0.6) is 11.5 Å². The normalized spacial score (nSPS) is 18.8. The van der Waals surface area contributed by atoms with Crippen LogP contribution in [-0.4, -0.2) is 57.7 Å². The summed E-state index contributed by atoms with van der Waals surface area (Å²) in [7, 11) is 3.24. The third kappa shape index (κ3) is 4.91. The highest BCUT2D eigenvalue weighted by Crippen LogP contribution is 2.43. The van der Waals surface area contributed by atoms with Crippen LogP contribution in [0, 0.1) is 6.08 Å². The highest BCUT2D eigenvalue weighted by Gasteiger charge is 2.42. The van der Waals surface area contributed by atoms with Gasteiger partial charge < -0.3 is 29.8 Å². The number of aromatic nitrogens is 4. The second-order valence-electron chi connectivity index (χ2n) is 9.95. The summed E-state index contributed by atoms with van der Waals surface area (Å²) in [5.74, 6) is 1.35. The smallest absolute Gasteiger partial charge is 0.312 e. The molecule has 0 saturated carbocycles. The number of halogens is 1. The maximum atomic E-state index is 14.0. The molecule has 0 unspecified atom stereocenters. The van der Waals surface area contributed by atoms with Crippen LogP contribution in [0.25, 0.3) is 11.2 Å². The molecule has 3 atom stereocenters. The highest BCUT2D eigenvalue weighted by molar-refractivity contribution is 5.81. The van der Waals surface area contributed by atoms with E-state index < -0.39 is 30.1 Å². The van der Waals surface area contributed by atoms with Gasteiger partial charge in [-0.2, -0.15) is 14.4 Å². The van der Waals surface area contributed by atoms with E-state index in [2.05, 4.69) is 15.0 Å². The van der Waals surface area contributed by atoms with E-state index >= 15 is 0 Å². The van der Waals surface area contributed by atoms with Crippen molar-refractivity contribution >= 4 is 17.0 Å².